The fourth-order valence-corrected chi connectivity index (χ4v) is 4.41. The lowest BCUT2D eigenvalue weighted by atomic mass is 9.89. The molecule has 0 bridgehead atoms. The van der Waals surface area contributed by atoms with Crippen LogP contribution in [0.4, 0.5) is 19.0 Å². The molecular formula is C27H22F3N3. The van der Waals surface area contributed by atoms with Crippen molar-refractivity contribution < 1.29 is 13.2 Å². The summed E-state index contributed by atoms with van der Waals surface area (Å²) in [6, 6.07) is 22.9. The molecule has 6 heteroatoms. The van der Waals surface area contributed by atoms with Crippen molar-refractivity contribution in [2.24, 2.45) is 4.99 Å². The molecule has 0 saturated carbocycles. The maximum absolute atomic E-state index is 13.7. The minimum absolute atomic E-state index is 0.0517. The number of pyridine rings is 1. The van der Waals surface area contributed by atoms with E-state index < -0.39 is 11.7 Å². The fraction of sp³-hybridized carbons (Fsp3) is 0.185. The van der Waals surface area contributed by atoms with Gasteiger partial charge in [0.05, 0.1) is 11.3 Å². The van der Waals surface area contributed by atoms with Gasteiger partial charge in [-0.25, -0.2) is 4.98 Å². The Bertz CT molecular complexity index is 1360. The highest BCUT2D eigenvalue weighted by Crippen LogP contribution is 2.38. The van der Waals surface area contributed by atoms with Crippen LogP contribution in [-0.4, -0.2) is 17.4 Å². The van der Waals surface area contributed by atoms with E-state index in [1.807, 2.05) is 42.5 Å². The first-order valence-electron chi connectivity index (χ1n) is 10.9. The minimum Gasteiger partial charge on any atom is -0.324 e. The fourth-order valence-electron chi connectivity index (χ4n) is 4.41. The van der Waals surface area contributed by atoms with Gasteiger partial charge in [0.2, 0.25) is 0 Å². The van der Waals surface area contributed by atoms with Gasteiger partial charge in [-0.3, -0.25) is 4.99 Å². The third kappa shape index (κ3) is 3.97. The van der Waals surface area contributed by atoms with Gasteiger partial charge in [0.15, 0.2) is 0 Å². The molecule has 0 amide bonds. The van der Waals surface area contributed by atoms with E-state index in [1.54, 1.807) is 12.1 Å². The van der Waals surface area contributed by atoms with E-state index in [-0.39, 0.29) is 11.3 Å². The summed E-state index contributed by atoms with van der Waals surface area (Å²) in [4.78, 5) is 9.43. The molecule has 0 spiro atoms. The molecule has 3 nitrogen and oxygen atoms in total. The highest BCUT2D eigenvalue weighted by molar-refractivity contribution is 6.13. The largest absolute Gasteiger partial charge is 0.417 e. The Kier molecular flexibility index (Phi) is 5.36. The first kappa shape index (κ1) is 21.2. The van der Waals surface area contributed by atoms with E-state index in [4.69, 9.17) is 4.99 Å². The number of aliphatic imine (C=N–C) groups is 1. The van der Waals surface area contributed by atoms with E-state index in [0.717, 1.165) is 28.8 Å². The SMILES string of the molecule is CCC1CN=C(Nc2nc(-c3ccccc3C(F)(F)F)cc3ccccc23)c2ccccc21. The zero-order valence-corrected chi connectivity index (χ0v) is 18.0. The van der Waals surface area contributed by atoms with Crippen LogP contribution in [0.1, 0.15) is 36.0 Å². The third-order valence-corrected chi connectivity index (χ3v) is 6.10. The zero-order chi connectivity index (χ0) is 23.0. The van der Waals surface area contributed by atoms with Crippen molar-refractivity contribution in [1.82, 2.24) is 4.98 Å². The van der Waals surface area contributed by atoms with Crippen molar-refractivity contribution in [2.75, 3.05) is 11.9 Å². The molecule has 1 unspecified atom stereocenters. The molecule has 3 aromatic carbocycles. The van der Waals surface area contributed by atoms with Gasteiger partial charge < -0.3 is 5.32 Å². The van der Waals surface area contributed by atoms with Gasteiger partial charge in [-0.2, -0.15) is 13.2 Å². The first-order chi connectivity index (χ1) is 16.0. The van der Waals surface area contributed by atoms with Crippen LogP contribution in [0.2, 0.25) is 0 Å². The van der Waals surface area contributed by atoms with Crippen molar-refractivity contribution in [2.45, 2.75) is 25.4 Å². The molecule has 1 aromatic heterocycles. The summed E-state index contributed by atoms with van der Waals surface area (Å²) in [5.41, 5.74) is 1.84. The van der Waals surface area contributed by atoms with Crippen molar-refractivity contribution >= 4 is 22.4 Å². The molecule has 1 aliphatic rings. The molecule has 1 aliphatic heterocycles. The van der Waals surface area contributed by atoms with E-state index in [9.17, 15) is 13.2 Å². The molecule has 1 atom stereocenters. The molecule has 166 valence electrons. The number of hydrogen-bond acceptors (Lipinski definition) is 3. The highest BCUT2D eigenvalue weighted by Gasteiger charge is 2.34. The summed E-state index contributed by atoms with van der Waals surface area (Å²) in [7, 11) is 0. The minimum atomic E-state index is -4.47. The van der Waals surface area contributed by atoms with E-state index in [1.165, 1.54) is 17.7 Å². The Morgan fingerprint density at radius 3 is 2.39 bits per heavy atom. The van der Waals surface area contributed by atoms with Crippen molar-refractivity contribution in [3.8, 4) is 11.3 Å². The van der Waals surface area contributed by atoms with Crippen LogP contribution in [0.5, 0.6) is 0 Å². The molecule has 0 radical (unpaired) electrons. The van der Waals surface area contributed by atoms with Gasteiger partial charge in [0, 0.05) is 29.0 Å². The van der Waals surface area contributed by atoms with Crippen molar-refractivity contribution in [3.05, 3.63) is 95.6 Å². The van der Waals surface area contributed by atoms with Crippen LogP contribution in [0.15, 0.2) is 83.9 Å². The second-order valence-electron chi connectivity index (χ2n) is 8.13. The number of hydrogen-bond donors (Lipinski definition) is 1. The Balaban J connectivity index is 1.65. The number of halogens is 3. The second kappa shape index (κ2) is 8.35. The standard InChI is InChI=1S/C27H22F3N3/c1-2-17-16-31-25(21-12-6-5-10-19(17)21)33-26-20-11-4-3-9-18(20)15-24(32-26)22-13-7-8-14-23(22)27(28,29)30/h3-15,17H,2,16H2,1H3,(H,31,32,33). The Morgan fingerprint density at radius 2 is 1.61 bits per heavy atom. The topological polar surface area (TPSA) is 37.3 Å². The third-order valence-electron chi connectivity index (χ3n) is 6.10. The normalized spacial score (nSPS) is 15.8. The predicted octanol–water partition coefficient (Wildman–Crippen LogP) is 7.29. The number of benzene rings is 3. The average molecular weight is 445 g/mol. The summed E-state index contributed by atoms with van der Waals surface area (Å²) in [5.74, 6) is 1.53. The maximum Gasteiger partial charge on any atom is 0.417 e. The van der Waals surface area contributed by atoms with E-state index in [2.05, 4.69) is 23.3 Å². The molecule has 4 aromatic rings. The smallest absolute Gasteiger partial charge is 0.324 e. The number of rotatable bonds is 3. The molecular weight excluding hydrogens is 423 g/mol. The molecule has 2 heterocycles. The van der Waals surface area contributed by atoms with Gasteiger partial charge >= 0.3 is 6.18 Å². The van der Waals surface area contributed by atoms with Crippen LogP contribution in [-0.2, 0) is 6.18 Å². The highest BCUT2D eigenvalue weighted by atomic mass is 19.4. The number of nitrogens with one attached hydrogen (secondary N) is 1. The molecule has 33 heavy (non-hydrogen) atoms. The van der Waals surface area contributed by atoms with Crippen LogP contribution < -0.4 is 5.32 Å². The van der Waals surface area contributed by atoms with Crippen molar-refractivity contribution in [1.29, 1.82) is 0 Å². The lowest BCUT2D eigenvalue weighted by Gasteiger charge is -2.25. The van der Waals surface area contributed by atoms with Gasteiger partial charge in [0.1, 0.15) is 11.7 Å². The number of nitrogens with zero attached hydrogens (tertiary/aromatic N) is 2. The Labute approximate surface area is 190 Å². The quantitative estimate of drug-likeness (QED) is 0.360. The number of amidine groups is 1. The summed E-state index contributed by atoms with van der Waals surface area (Å²) in [6.07, 6.45) is -3.49. The molecule has 5 rings (SSSR count). The number of alkyl halides is 3. The summed E-state index contributed by atoms with van der Waals surface area (Å²) >= 11 is 0. The maximum atomic E-state index is 13.7. The molecule has 0 aliphatic carbocycles. The molecule has 0 saturated heterocycles. The summed E-state index contributed by atoms with van der Waals surface area (Å²) in [5, 5.41) is 4.98. The zero-order valence-electron chi connectivity index (χ0n) is 18.0. The van der Waals surface area contributed by atoms with E-state index in [0.29, 0.717) is 24.1 Å². The van der Waals surface area contributed by atoms with Crippen molar-refractivity contribution in [3.63, 3.8) is 0 Å². The van der Waals surface area contributed by atoms with Gasteiger partial charge in [0.25, 0.3) is 0 Å². The summed E-state index contributed by atoms with van der Waals surface area (Å²) < 4.78 is 41.1. The summed E-state index contributed by atoms with van der Waals surface area (Å²) in [6.45, 7) is 2.80. The average Bonchev–Trinajstić information content (AvgIpc) is 2.83. The lowest BCUT2D eigenvalue weighted by Crippen LogP contribution is -2.24. The van der Waals surface area contributed by atoms with Gasteiger partial charge in [-0.1, -0.05) is 73.7 Å². The van der Waals surface area contributed by atoms with Crippen LogP contribution >= 0.6 is 0 Å². The van der Waals surface area contributed by atoms with Crippen LogP contribution in [0.25, 0.3) is 22.0 Å². The first-order valence-corrected chi connectivity index (χ1v) is 10.9. The number of aromatic nitrogens is 1. The lowest BCUT2D eigenvalue weighted by molar-refractivity contribution is -0.137. The number of anilines is 1. The molecule has 0 fully saturated rings. The van der Waals surface area contributed by atoms with Gasteiger partial charge in [-0.05, 0) is 29.5 Å². The van der Waals surface area contributed by atoms with Crippen LogP contribution in [0.3, 0.4) is 0 Å². The predicted molar refractivity (Wildman–Crippen MR) is 127 cm³/mol. The van der Waals surface area contributed by atoms with E-state index >= 15 is 0 Å². The molecule has 1 N–H and O–H groups in total. The Hall–Kier alpha value is -3.67. The van der Waals surface area contributed by atoms with Gasteiger partial charge in [-0.15, -0.1) is 0 Å². The Morgan fingerprint density at radius 1 is 0.909 bits per heavy atom. The monoisotopic (exact) mass is 445 g/mol. The number of fused-ring (bicyclic) bond motifs is 2. The van der Waals surface area contributed by atoms with Crippen LogP contribution in [0, 0.1) is 0 Å². The second-order valence-corrected chi connectivity index (χ2v) is 8.13.